The van der Waals surface area contributed by atoms with Crippen molar-refractivity contribution in [3.05, 3.63) is 47.3 Å². The Hall–Kier alpha value is -3.36. The highest BCUT2D eigenvalue weighted by Gasteiger charge is 2.48. The van der Waals surface area contributed by atoms with E-state index in [2.05, 4.69) is 10.4 Å². The normalized spacial score (nSPS) is 20.4. The van der Waals surface area contributed by atoms with Gasteiger partial charge in [0.2, 0.25) is 5.91 Å². The van der Waals surface area contributed by atoms with Gasteiger partial charge in [-0.05, 0) is 50.8 Å². The highest BCUT2D eigenvalue weighted by Crippen LogP contribution is 2.29. The first-order valence-corrected chi connectivity index (χ1v) is 12.9. The maximum Gasteiger partial charge on any atom is 0.358 e. The highest BCUT2D eigenvalue weighted by atomic mass is 16.5. The van der Waals surface area contributed by atoms with E-state index in [0.717, 1.165) is 37.0 Å². The molecule has 2 aliphatic rings. The first-order chi connectivity index (χ1) is 17.4. The average Bonchev–Trinajstić information content (AvgIpc) is 3.13. The molecule has 1 aromatic heterocycles. The monoisotopic (exact) mass is 496 g/mol. The van der Waals surface area contributed by atoms with E-state index in [0.29, 0.717) is 19.6 Å². The predicted octanol–water partition coefficient (Wildman–Crippen LogP) is 3.36. The van der Waals surface area contributed by atoms with E-state index in [1.54, 1.807) is 11.8 Å². The molecule has 36 heavy (non-hydrogen) atoms. The lowest BCUT2D eigenvalue weighted by atomic mass is 9.93. The first-order valence-electron chi connectivity index (χ1n) is 12.9. The molecule has 0 radical (unpaired) electrons. The Bertz CT molecular complexity index is 1090. The number of methoxy groups -OCH3 is 1. The number of carbonyl (C=O) groups excluding carboxylic acids is 3. The van der Waals surface area contributed by atoms with E-state index >= 15 is 0 Å². The predicted molar refractivity (Wildman–Crippen MR) is 134 cm³/mol. The van der Waals surface area contributed by atoms with Crippen molar-refractivity contribution < 1.29 is 23.9 Å². The third-order valence-electron chi connectivity index (χ3n) is 7.23. The Balaban J connectivity index is 1.59. The molecule has 194 valence electrons. The van der Waals surface area contributed by atoms with Gasteiger partial charge in [-0.15, -0.1) is 0 Å². The second-order valence-corrected chi connectivity index (χ2v) is 9.78. The summed E-state index contributed by atoms with van der Waals surface area (Å²) in [4.78, 5) is 41.1. The van der Waals surface area contributed by atoms with Crippen LogP contribution in [0.15, 0.2) is 30.3 Å². The minimum absolute atomic E-state index is 0.0562. The van der Waals surface area contributed by atoms with Gasteiger partial charge in [0.25, 0.3) is 5.91 Å². The fourth-order valence-corrected chi connectivity index (χ4v) is 5.12. The fourth-order valence-electron chi connectivity index (χ4n) is 5.12. The second kappa shape index (κ2) is 11.1. The molecule has 9 heteroatoms. The molecule has 9 nitrogen and oxygen atoms in total. The fraction of sp³-hybridized carbons (Fsp3) is 0.556. The van der Waals surface area contributed by atoms with Crippen LogP contribution in [-0.2, 0) is 22.5 Å². The van der Waals surface area contributed by atoms with Crippen LogP contribution in [0.4, 0.5) is 0 Å². The van der Waals surface area contributed by atoms with Crippen molar-refractivity contribution in [1.82, 2.24) is 20.0 Å². The maximum absolute atomic E-state index is 13.7. The lowest BCUT2D eigenvalue weighted by molar-refractivity contribution is -0.133. The van der Waals surface area contributed by atoms with Crippen LogP contribution in [0.1, 0.15) is 78.9 Å². The van der Waals surface area contributed by atoms with Gasteiger partial charge in [0.15, 0.2) is 5.69 Å². The van der Waals surface area contributed by atoms with E-state index < -0.39 is 11.5 Å². The zero-order chi connectivity index (χ0) is 25.7. The third-order valence-corrected chi connectivity index (χ3v) is 7.23. The summed E-state index contributed by atoms with van der Waals surface area (Å²) in [5.41, 5.74) is 0.218. The van der Waals surface area contributed by atoms with Crippen molar-refractivity contribution in [3.8, 4) is 5.75 Å². The molecule has 4 rings (SSSR count). The maximum atomic E-state index is 13.7. The molecule has 0 saturated heterocycles. The number of esters is 1. The number of ether oxygens (including phenoxy) is 2. The number of nitrogens with zero attached hydrogens (tertiary/aromatic N) is 3. The molecule has 2 aromatic rings. The molecule has 1 saturated carbocycles. The molecule has 1 fully saturated rings. The van der Waals surface area contributed by atoms with E-state index in [4.69, 9.17) is 9.47 Å². The summed E-state index contributed by atoms with van der Waals surface area (Å²) in [6.45, 7) is 4.83. The molecule has 2 heterocycles. The Morgan fingerprint density at radius 2 is 1.83 bits per heavy atom. The van der Waals surface area contributed by atoms with Crippen LogP contribution in [0.3, 0.4) is 0 Å². The molecule has 1 N–H and O–H groups in total. The summed E-state index contributed by atoms with van der Waals surface area (Å²) in [6.07, 6.45) is 7.01. The summed E-state index contributed by atoms with van der Waals surface area (Å²) in [7, 11) is 1.27. The molecule has 1 aliphatic carbocycles. The zero-order valence-corrected chi connectivity index (χ0v) is 21.4. The van der Waals surface area contributed by atoms with Gasteiger partial charge >= 0.3 is 5.97 Å². The van der Waals surface area contributed by atoms with Gasteiger partial charge in [-0.2, -0.15) is 5.10 Å². The molecular formula is C27H36N4O5. The van der Waals surface area contributed by atoms with Gasteiger partial charge in [0.05, 0.1) is 20.3 Å². The Labute approximate surface area is 212 Å². The Morgan fingerprint density at radius 3 is 2.47 bits per heavy atom. The number of nitrogens with one attached hydrogen (secondary N) is 1. The number of fused-ring (bicyclic) bond motifs is 1. The van der Waals surface area contributed by atoms with E-state index in [9.17, 15) is 14.4 Å². The van der Waals surface area contributed by atoms with Gasteiger partial charge in [0.1, 0.15) is 17.0 Å². The molecule has 0 bridgehead atoms. The van der Waals surface area contributed by atoms with E-state index in [1.165, 1.54) is 30.7 Å². The molecular weight excluding hydrogens is 460 g/mol. The van der Waals surface area contributed by atoms with Crippen molar-refractivity contribution in [2.45, 2.75) is 76.9 Å². The average molecular weight is 497 g/mol. The van der Waals surface area contributed by atoms with Crippen LogP contribution < -0.4 is 10.1 Å². The zero-order valence-electron chi connectivity index (χ0n) is 21.4. The van der Waals surface area contributed by atoms with Crippen LogP contribution in [0.5, 0.6) is 5.75 Å². The number of rotatable bonds is 8. The smallest absolute Gasteiger partial charge is 0.358 e. The molecule has 1 aliphatic heterocycles. The molecule has 1 aromatic carbocycles. The Morgan fingerprint density at radius 1 is 1.14 bits per heavy atom. The number of hydrogen-bond donors (Lipinski definition) is 1. The highest BCUT2D eigenvalue weighted by molar-refractivity contribution is 6.01. The molecule has 0 unspecified atom stereocenters. The van der Waals surface area contributed by atoms with Crippen molar-refractivity contribution >= 4 is 17.8 Å². The van der Waals surface area contributed by atoms with Crippen LogP contribution in [-0.4, -0.2) is 64.3 Å². The second-order valence-electron chi connectivity index (χ2n) is 9.78. The van der Waals surface area contributed by atoms with Crippen molar-refractivity contribution in [1.29, 1.82) is 0 Å². The third kappa shape index (κ3) is 5.39. The van der Waals surface area contributed by atoms with Crippen LogP contribution in [0, 0.1) is 0 Å². The number of aromatic nitrogens is 2. The lowest BCUT2D eigenvalue weighted by Crippen LogP contribution is -2.65. The topological polar surface area (TPSA) is 103 Å². The van der Waals surface area contributed by atoms with E-state index in [1.807, 2.05) is 31.2 Å². The van der Waals surface area contributed by atoms with E-state index in [-0.39, 0.29) is 35.8 Å². The van der Waals surface area contributed by atoms with Gasteiger partial charge in [-0.1, -0.05) is 37.8 Å². The number of benzene rings is 1. The van der Waals surface area contributed by atoms with Crippen LogP contribution in [0.2, 0.25) is 0 Å². The summed E-state index contributed by atoms with van der Waals surface area (Å²) in [5, 5.41) is 7.52. The minimum atomic E-state index is -1.15. The summed E-state index contributed by atoms with van der Waals surface area (Å²) in [6, 6.07) is 9.31. The van der Waals surface area contributed by atoms with Gasteiger partial charge in [-0.3, -0.25) is 14.3 Å². The van der Waals surface area contributed by atoms with Crippen molar-refractivity contribution in [2.24, 2.45) is 0 Å². The van der Waals surface area contributed by atoms with Gasteiger partial charge in [-0.25, -0.2) is 4.79 Å². The number of hydrogen-bond acceptors (Lipinski definition) is 6. The van der Waals surface area contributed by atoms with Crippen molar-refractivity contribution in [3.63, 3.8) is 0 Å². The molecule has 0 spiro atoms. The summed E-state index contributed by atoms with van der Waals surface area (Å²) in [5.74, 6) is -0.332. The number of amides is 2. The Kier molecular flexibility index (Phi) is 7.96. The van der Waals surface area contributed by atoms with Crippen LogP contribution >= 0.6 is 0 Å². The summed E-state index contributed by atoms with van der Waals surface area (Å²) >= 11 is 0. The molecule has 2 amide bonds. The first kappa shape index (κ1) is 25.7. The quantitative estimate of drug-likeness (QED) is 0.444. The SMILES string of the molecule is CCOc1ccc(CCN2C(=O)c3cc(C(=O)OC)nn3C[C@]2(C)C(=O)NC2CCCCCC2)cc1. The van der Waals surface area contributed by atoms with Gasteiger partial charge in [0, 0.05) is 18.7 Å². The van der Waals surface area contributed by atoms with Crippen molar-refractivity contribution in [2.75, 3.05) is 20.3 Å². The number of carbonyl (C=O) groups is 3. The minimum Gasteiger partial charge on any atom is -0.494 e. The standard InChI is InChI=1S/C27H36N4O5/c1-4-36-21-13-11-19(12-14-21)15-16-30-24(32)23-17-22(25(33)35-3)29-31(23)18-27(30,2)26(34)28-20-9-7-5-6-8-10-20/h11-14,17,20H,4-10,15-16,18H2,1-3H3,(H,28,34)/t27-/m1/s1. The van der Waals surface area contributed by atoms with Crippen LogP contribution in [0.25, 0.3) is 0 Å². The van der Waals surface area contributed by atoms with Gasteiger partial charge < -0.3 is 19.7 Å². The lowest BCUT2D eigenvalue weighted by Gasteiger charge is -2.44. The molecule has 1 atom stereocenters. The summed E-state index contributed by atoms with van der Waals surface area (Å²) < 4.78 is 11.8. The largest absolute Gasteiger partial charge is 0.494 e.